The zero-order chi connectivity index (χ0) is 21.8. The molecule has 0 aliphatic heterocycles. The normalized spacial score (nSPS) is 10.4. The van der Waals surface area contributed by atoms with Crippen LogP contribution in [0.3, 0.4) is 0 Å². The summed E-state index contributed by atoms with van der Waals surface area (Å²) in [7, 11) is 1.20. The fraction of sp³-hybridized carbons (Fsp3) is 0.0952. The molecule has 2 N–H and O–H groups in total. The zero-order valence-corrected chi connectivity index (χ0v) is 17.5. The molecule has 3 aromatic rings. The van der Waals surface area contributed by atoms with Gasteiger partial charge in [-0.05, 0) is 42.8 Å². The maximum absolute atomic E-state index is 13.4. The Balaban J connectivity index is 1.95. The number of rotatable bonds is 5. The van der Waals surface area contributed by atoms with E-state index in [1.54, 1.807) is 31.2 Å². The molecule has 9 heteroatoms. The van der Waals surface area contributed by atoms with Crippen molar-refractivity contribution in [2.24, 2.45) is 0 Å². The van der Waals surface area contributed by atoms with E-state index >= 15 is 0 Å². The largest absolute Gasteiger partial charge is 0.465 e. The molecule has 0 spiro atoms. The number of amides is 2. The van der Waals surface area contributed by atoms with Crippen LogP contribution < -0.4 is 10.6 Å². The molecule has 1 aromatic heterocycles. The molecule has 0 fully saturated rings. The summed E-state index contributed by atoms with van der Waals surface area (Å²) in [6, 6.07) is 11.8. The van der Waals surface area contributed by atoms with Crippen molar-refractivity contribution in [2.45, 2.75) is 6.92 Å². The minimum absolute atomic E-state index is 0.0524. The van der Waals surface area contributed by atoms with Gasteiger partial charge in [-0.2, -0.15) is 0 Å². The van der Waals surface area contributed by atoms with Crippen LogP contribution in [0.4, 0.5) is 15.1 Å². The Morgan fingerprint density at radius 1 is 1.03 bits per heavy atom. The monoisotopic (exact) mass is 446 g/mol. The molecule has 0 aliphatic carbocycles. The lowest BCUT2D eigenvalue weighted by atomic mass is 10.1. The van der Waals surface area contributed by atoms with Crippen LogP contribution in [0, 0.1) is 12.7 Å². The van der Waals surface area contributed by atoms with E-state index in [0.717, 1.165) is 17.4 Å². The van der Waals surface area contributed by atoms with Crippen molar-refractivity contribution in [3.8, 4) is 0 Å². The van der Waals surface area contributed by atoms with E-state index in [1.165, 1.54) is 25.3 Å². The van der Waals surface area contributed by atoms with Crippen LogP contribution in [0.2, 0.25) is 5.02 Å². The van der Waals surface area contributed by atoms with Crippen molar-refractivity contribution >= 4 is 51.4 Å². The lowest BCUT2D eigenvalue weighted by Crippen LogP contribution is -2.14. The molecule has 0 radical (unpaired) electrons. The molecular weight excluding hydrogens is 431 g/mol. The average Bonchev–Trinajstić information content (AvgIpc) is 3.05. The van der Waals surface area contributed by atoms with Crippen molar-refractivity contribution in [1.29, 1.82) is 0 Å². The quantitative estimate of drug-likeness (QED) is 0.531. The van der Waals surface area contributed by atoms with Gasteiger partial charge in [-0.15, -0.1) is 11.3 Å². The predicted molar refractivity (Wildman–Crippen MR) is 114 cm³/mol. The van der Waals surface area contributed by atoms with E-state index < -0.39 is 23.6 Å². The molecule has 0 aliphatic rings. The van der Waals surface area contributed by atoms with Gasteiger partial charge in [0.1, 0.15) is 10.8 Å². The minimum Gasteiger partial charge on any atom is -0.465 e. The van der Waals surface area contributed by atoms with Crippen LogP contribution in [-0.2, 0) is 4.74 Å². The molecule has 0 atom stereocenters. The molecule has 6 nitrogen and oxygen atoms in total. The fourth-order valence-electron chi connectivity index (χ4n) is 2.71. The SMILES string of the molecule is COC(=O)c1c(NC(=O)c2cccc(F)c2)sc(C(=O)Nc2ccccc2Cl)c1C. The maximum atomic E-state index is 13.4. The van der Waals surface area contributed by atoms with E-state index in [4.69, 9.17) is 16.3 Å². The summed E-state index contributed by atoms with van der Waals surface area (Å²) in [5, 5.41) is 5.73. The number of nitrogens with one attached hydrogen (secondary N) is 2. The Kier molecular flexibility index (Phi) is 6.49. The minimum atomic E-state index is -0.713. The predicted octanol–water partition coefficient (Wildman–Crippen LogP) is 5.14. The number of methoxy groups -OCH3 is 1. The van der Waals surface area contributed by atoms with Gasteiger partial charge in [0.25, 0.3) is 11.8 Å². The second-order valence-corrected chi connectivity index (χ2v) is 7.58. The third-order valence-corrected chi connectivity index (χ3v) is 5.71. The number of hydrogen-bond donors (Lipinski definition) is 2. The number of para-hydroxylation sites is 1. The van der Waals surface area contributed by atoms with Gasteiger partial charge in [0.05, 0.1) is 28.3 Å². The molecule has 30 heavy (non-hydrogen) atoms. The molecule has 2 amide bonds. The molecule has 0 saturated heterocycles. The second kappa shape index (κ2) is 9.06. The molecule has 0 bridgehead atoms. The molecule has 154 valence electrons. The number of anilines is 2. The Morgan fingerprint density at radius 2 is 1.77 bits per heavy atom. The first-order valence-corrected chi connectivity index (χ1v) is 9.85. The van der Waals surface area contributed by atoms with Crippen LogP contribution >= 0.6 is 22.9 Å². The average molecular weight is 447 g/mol. The Hall–Kier alpha value is -3.23. The highest BCUT2D eigenvalue weighted by Crippen LogP contribution is 2.35. The van der Waals surface area contributed by atoms with Crippen LogP contribution in [0.15, 0.2) is 48.5 Å². The summed E-state index contributed by atoms with van der Waals surface area (Å²) in [4.78, 5) is 37.8. The van der Waals surface area contributed by atoms with Gasteiger partial charge >= 0.3 is 5.97 Å². The number of ether oxygens (including phenoxy) is 1. The first-order chi connectivity index (χ1) is 14.3. The van der Waals surface area contributed by atoms with E-state index in [-0.39, 0.29) is 21.0 Å². The summed E-state index contributed by atoms with van der Waals surface area (Å²) in [6.45, 7) is 1.57. The van der Waals surface area contributed by atoms with Crippen LogP contribution in [0.25, 0.3) is 0 Å². The molecule has 2 aromatic carbocycles. The highest BCUT2D eigenvalue weighted by Gasteiger charge is 2.27. The number of thiophene rings is 1. The molecule has 1 heterocycles. The highest BCUT2D eigenvalue weighted by molar-refractivity contribution is 7.19. The van der Waals surface area contributed by atoms with Crippen molar-refractivity contribution in [2.75, 3.05) is 17.7 Å². The summed E-state index contributed by atoms with van der Waals surface area (Å²) in [5.74, 6) is -2.41. The van der Waals surface area contributed by atoms with Gasteiger partial charge in [-0.1, -0.05) is 29.8 Å². The number of benzene rings is 2. The Labute approximate surface area is 180 Å². The maximum Gasteiger partial charge on any atom is 0.341 e. The van der Waals surface area contributed by atoms with E-state index in [0.29, 0.717) is 16.3 Å². The third kappa shape index (κ3) is 4.50. The van der Waals surface area contributed by atoms with Crippen LogP contribution in [0.5, 0.6) is 0 Å². The second-order valence-electron chi connectivity index (χ2n) is 6.15. The van der Waals surface area contributed by atoms with Gasteiger partial charge in [0.15, 0.2) is 0 Å². The zero-order valence-electron chi connectivity index (χ0n) is 15.9. The fourth-order valence-corrected chi connectivity index (χ4v) is 3.98. The van der Waals surface area contributed by atoms with Crippen molar-refractivity contribution < 1.29 is 23.5 Å². The third-order valence-electron chi connectivity index (χ3n) is 4.18. The molecule has 0 unspecified atom stereocenters. The summed E-state index contributed by atoms with van der Waals surface area (Å²) < 4.78 is 18.2. The van der Waals surface area contributed by atoms with Crippen LogP contribution in [0.1, 0.15) is 36.0 Å². The first-order valence-electron chi connectivity index (χ1n) is 8.66. The number of carbonyl (C=O) groups is 3. The van der Waals surface area contributed by atoms with E-state index in [1.807, 2.05) is 0 Å². The lowest BCUT2D eigenvalue weighted by molar-refractivity contribution is 0.0601. The highest BCUT2D eigenvalue weighted by atomic mass is 35.5. The Bertz CT molecular complexity index is 1150. The Morgan fingerprint density at radius 3 is 2.43 bits per heavy atom. The van der Waals surface area contributed by atoms with Gasteiger partial charge in [-0.25, -0.2) is 9.18 Å². The molecular formula is C21H16ClFN2O4S. The topological polar surface area (TPSA) is 84.5 Å². The van der Waals surface area contributed by atoms with Gasteiger partial charge in [0, 0.05) is 5.56 Å². The lowest BCUT2D eigenvalue weighted by Gasteiger charge is -2.06. The van der Waals surface area contributed by atoms with Gasteiger partial charge < -0.3 is 15.4 Å². The smallest absolute Gasteiger partial charge is 0.341 e. The summed E-state index contributed by atoms with van der Waals surface area (Å²) >= 11 is 6.99. The summed E-state index contributed by atoms with van der Waals surface area (Å²) in [5.41, 5.74) is 0.864. The summed E-state index contributed by atoms with van der Waals surface area (Å²) in [6.07, 6.45) is 0. The molecule has 0 saturated carbocycles. The first kappa shape index (κ1) is 21.5. The number of halogens is 2. The van der Waals surface area contributed by atoms with E-state index in [2.05, 4.69) is 10.6 Å². The van der Waals surface area contributed by atoms with Crippen LogP contribution in [-0.4, -0.2) is 24.9 Å². The standard InChI is InChI=1S/C21H16ClFN2O4S/c1-11-16(21(28)29-2)20(25-18(26)12-6-5-7-13(23)10-12)30-17(11)19(27)24-15-9-4-3-8-14(15)22/h3-10H,1-2H3,(H,24,27)(H,25,26). The number of hydrogen-bond acceptors (Lipinski definition) is 5. The van der Waals surface area contributed by atoms with Gasteiger partial charge in [-0.3, -0.25) is 9.59 Å². The number of carbonyl (C=O) groups excluding carboxylic acids is 3. The van der Waals surface area contributed by atoms with Crippen molar-refractivity contribution in [3.63, 3.8) is 0 Å². The van der Waals surface area contributed by atoms with Crippen molar-refractivity contribution in [1.82, 2.24) is 0 Å². The number of esters is 1. The molecule has 3 rings (SSSR count). The van der Waals surface area contributed by atoms with Gasteiger partial charge in [0.2, 0.25) is 0 Å². The van der Waals surface area contributed by atoms with E-state index in [9.17, 15) is 18.8 Å². The van der Waals surface area contributed by atoms with Crippen molar-refractivity contribution in [3.05, 3.63) is 80.9 Å².